The van der Waals surface area contributed by atoms with Crippen molar-refractivity contribution < 1.29 is 9.53 Å². The number of hydrogen-bond acceptors (Lipinski definition) is 2. The van der Waals surface area contributed by atoms with E-state index in [1.165, 1.54) is 5.56 Å². The Bertz CT molecular complexity index is 388. The van der Waals surface area contributed by atoms with Gasteiger partial charge in [0.05, 0.1) is 7.11 Å². The number of benzene rings is 1. The number of hydrogen-bond donors (Lipinski definition) is 0. The van der Waals surface area contributed by atoms with Crippen LogP contribution in [0, 0.1) is 0 Å². The number of amides is 1. The Morgan fingerprint density at radius 1 is 1.11 bits per heavy atom. The monoisotopic (exact) mass is 263 g/mol. The zero-order valence-corrected chi connectivity index (χ0v) is 12.6. The van der Waals surface area contributed by atoms with Gasteiger partial charge in [-0.2, -0.15) is 0 Å². The Hall–Kier alpha value is -1.51. The summed E-state index contributed by atoms with van der Waals surface area (Å²) in [4.78, 5) is 14.2. The van der Waals surface area contributed by atoms with Crippen LogP contribution in [0.1, 0.15) is 39.7 Å². The molecule has 19 heavy (non-hydrogen) atoms. The van der Waals surface area contributed by atoms with Crippen LogP contribution in [0.25, 0.3) is 0 Å². The third-order valence-electron chi connectivity index (χ3n) is 3.19. The molecule has 106 valence electrons. The molecule has 0 fully saturated rings. The van der Waals surface area contributed by atoms with E-state index in [0.717, 1.165) is 12.2 Å². The van der Waals surface area contributed by atoms with Crippen LogP contribution in [-0.2, 0) is 11.2 Å². The van der Waals surface area contributed by atoms with E-state index in [1.807, 2.05) is 29.2 Å². The Morgan fingerprint density at radius 3 is 2.05 bits per heavy atom. The number of methoxy groups -OCH3 is 1. The van der Waals surface area contributed by atoms with Gasteiger partial charge >= 0.3 is 0 Å². The highest BCUT2D eigenvalue weighted by Gasteiger charge is 2.19. The standard InChI is InChI=1S/C16H25NO2/c1-12(2)17(13(3)4)16(18)11-8-14-6-9-15(19-5)10-7-14/h6-7,9-10,12-13H,8,11H2,1-5H3. The molecule has 0 N–H and O–H groups in total. The third kappa shape index (κ3) is 4.58. The van der Waals surface area contributed by atoms with E-state index in [2.05, 4.69) is 27.7 Å². The molecule has 0 atom stereocenters. The number of aryl methyl sites for hydroxylation is 1. The first-order chi connectivity index (χ1) is 8.95. The molecule has 0 aliphatic heterocycles. The van der Waals surface area contributed by atoms with Crippen LogP contribution in [0.2, 0.25) is 0 Å². The number of ether oxygens (including phenoxy) is 1. The van der Waals surface area contributed by atoms with Gasteiger partial charge in [-0.1, -0.05) is 12.1 Å². The Balaban J connectivity index is 2.57. The van der Waals surface area contributed by atoms with E-state index < -0.39 is 0 Å². The van der Waals surface area contributed by atoms with Gasteiger partial charge in [-0.25, -0.2) is 0 Å². The van der Waals surface area contributed by atoms with Crippen molar-refractivity contribution in [1.29, 1.82) is 0 Å². The summed E-state index contributed by atoms with van der Waals surface area (Å²) in [6.45, 7) is 8.24. The van der Waals surface area contributed by atoms with Crippen molar-refractivity contribution in [2.75, 3.05) is 7.11 Å². The lowest BCUT2D eigenvalue weighted by Crippen LogP contribution is -2.42. The van der Waals surface area contributed by atoms with Gasteiger partial charge in [0.25, 0.3) is 0 Å². The number of nitrogens with zero attached hydrogens (tertiary/aromatic N) is 1. The highest BCUT2D eigenvalue weighted by molar-refractivity contribution is 5.77. The molecule has 0 aromatic heterocycles. The van der Waals surface area contributed by atoms with Crippen molar-refractivity contribution >= 4 is 5.91 Å². The zero-order chi connectivity index (χ0) is 14.4. The van der Waals surface area contributed by atoms with E-state index in [-0.39, 0.29) is 18.0 Å². The molecular weight excluding hydrogens is 238 g/mol. The Labute approximate surface area is 116 Å². The lowest BCUT2D eigenvalue weighted by molar-refractivity contribution is -0.134. The maximum atomic E-state index is 12.2. The minimum Gasteiger partial charge on any atom is -0.497 e. The summed E-state index contributed by atoms with van der Waals surface area (Å²) in [5.41, 5.74) is 1.17. The fourth-order valence-electron chi connectivity index (χ4n) is 2.34. The van der Waals surface area contributed by atoms with Crippen LogP contribution in [0.5, 0.6) is 5.75 Å². The molecule has 0 bridgehead atoms. The fourth-order valence-corrected chi connectivity index (χ4v) is 2.34. The summed E-state index contributed by atoms with van der Waals surface area (Å²) in [7, 11) is 1.65. The first-order valence-corrected chi connectivity index (χ1v) is 6.89. The smallest absolute Gasteiger partial charge is 0.223 e. The normalized spacial score (nSPS) is 10.9. The summed E-state index contributed by atoms with van der Waals surface area (Å²) in [5, 5.41) is 0. The average molecular weight is 263 g/mol. The number of carbonyl (C=O) groups is 1. The molecule has 1 aromatic rings. The molecule has 1 rings (SSSR count). The third-order valence-corrected chi connectivity index (χ3v) is 3.19. The Morgan fingerprint density at radius 2 is 1.63 bits per heavy atom. The van der Waals surface area contributed by atoms with E-state index in [4.69, 9.17) is 4.74 Å². The van der Waals surface area contributed by atoms with Gasteiger partial charge in [0.15, 0.2) is 0 Å². The van der Waals surface area contributed by atoms with Gasteiger partial charge in [0, 0.05) is 18.5 Å². The minimum atomic E-state index is 0.223. The van der Waals surface area contributed by atoms with Crippen LogP contribution >= 0.6 is 0 Å². The first-order valence-electron chi connectivity index (χ1n) is 6.89. The molecule has 0 saturated heterocycles. The highest BCUT2D eigenvalue weighted by Crippen LogP contribution is 2.14. The summed E-state index contributed by atoms with van der Waals surface area (Å²) in [5.74, 6) is 1.07. The molecule has 0 saturated carbocycles. The van der Waals surface area contributed by atoms with Gasteiger partial charge in [0.1, 0.15) is 5.75 Å². The lowest BCUT2D eigenvalue weighted by Gasteiger charge is -2.30. The maximum absolute atomic E-state index is 12.2. The first kappa shape index (κ1) is 15.5. The average Bonchev–Trinajstić information content (AvgIpc) is 2.36. The predicted octanol–water partition coefficient (Wildman–Crippen LogP) is 3.27. The van der Waals surface area contributed by atoms with Crippen LogP contribution in [-0.4, -0.2) is 30.0 Å². The second-order valence-corrected chi connectivity index (χ2v) is 5.34. The summed E-state index contributed by atoms with van der Waals surface area (Å²) in [6.07, 6.45) is 1.33. The van der Waals surface area contributed by atoms with Crippen LogP contribution in [0.4, 0.5) is 0 Å². The van der Waals surface area contributed by atoms with Crippen molar-refractivity contribution in [2.24, 2.45) is 0 Å². The molecule has 0 aliphatic rings. The second kappa shape index (κ2) is 7.17. The van der Waals surface area contributed by atoms with E-state index >= 15 is 0 Å². The van der Waals surface area contributed by atoms with Crippen LogP contribution in [0.3, 0.4) is 0 Å². The topological polar surface area (TPSA) is 29.5 Å². The van der Waals surface area contributed by atoms with Crippen molar-refractivity contribution in [3.05, 3.63) is 29.8 Å². The van der Waals surface area contributed by atoms with Crippen molar-refractivity contribution in [3.8, 4) is 5.75 Å². The SMILES string of the molecule is COc1ccc(CCC(=O)N(C(C)C)C(C)C)cc1. The second-order valence-electron chi connectivity index (χ2n) is 5.34. The molecular formula is C16H25NO2. The van der Waals surface area contributed by atoms with Crippen molar-refractivity contribution in [2.45, 2.75) is 52.6 Å². The van der Waals surface area contributed by atoms with Crippen molar-refractivity contribution in [3.63, 3.8) is 0 Å². The van der Waals surface area contributed by atoms with Crippen LogP contribution in [0.15, 0.2) is 24.3 Å². The zero-order valence-electron chi connectivity index (χ0n) is 12.6. The lowest BCUT2D eigenvalue weighted by atomic mass is 10.1. The van der Waals surface area contributed by atoms with E-state index in [1.54, 1.807) is 7.11 Å². The minimum absolute atomic E-state index is 0.223. The maximum Gasteiger partial charge on any atom is 0.223 e. The Kier molecular flexibility index (Phi) is 5.87. The van der Waals surface area contributed by atoms with E-state index in [9.17, 15) is 4.79 Å². The molecule has 1 aromatic carbocycles. The molecule has 0 heterocycles. The summed E-state index contributed by atoms with van der Waals surface area (Å²) in [6, 6.07) is 8.40. The molecule has 3 nitrogen and oxygen atoms in total. The number of carbonyl (C=O) groups excluding carboxylic acids is 1. The molecule has 1 amide bonds. The molecule has 3 heteroatoms. The molecule has 0 radical (unpaired) electrons. The quantitative estimate of drug-likeness (QED) is 0.788. The van der Waals surface area contributed by atoms with Gasteiger partial charge in [-0.05, 0) is 51.8 Å². The van der Waals surface area contributed by atoms with Gasteiger partial charge in [-0.15, -0.1) is 0 Å². The van der Waals surface area contributed by atoms with Crippen molar-refractivity contribution in [1.82, 2.24) is 4.90 Å². The molecule has 0 unspecified atom stereocenters. The van der Waals surface area contributed by atoms with E-state index in [0.29, 0.717) is 6.42 Å². The van der Waals surface area contributed by atoms with Gasteiger partial charge < -0.3 is 9.64 Å². The summed E-state index contributed by atoms with van der Waals surface area (Å²) >= 11 is 0. The molecule has 0 aliphatic carbocycles. The molecule has 0 spiro atoms. The largest absolute Gasteiger partial charge is 0.497 e. The predicted molar refractivity (Wildman–Crippen MR) is 78.4 cm³/mol. The van der Waals surface area contributed by atoms with Gasteiger partial charge in [0.2, 0.25) is 5.91 Å². The fraction of sp³-hybridized carbons (Fsp3) is 0.562. The highest BCUT2D eigenvalue weighted by atomic mass is 16.5. The van der Waals surface area contributed by atoms with Crippen LogP contribution < -0.4 is 4.74 Å². The van der Waals surface area contributed by atoms with Gasteiger partial charge in [-0.3, -0.25) is 4.79 Å². The summed E-state index contributed by atoms with van der Waals surface area (Å²) < 4.78 is 5.12. The number of rotatable bonds is 6.